The number of ether oxygens (including phenoxy) is 1. The fraction of sp³-hybridized carbons (Fsp3) is 0.458. The normalized spacial score (nSPS) is 20.2. The number of fused-ring (bicyclic) bond motifs is 3. The third kappa shape index (κ3) is 4.05. The zero-order valence-electron chi connectivity index (χ0n) is 19.5. The van der Waals surface area contributed by atoms with Crippen LogP contribution in [0, 0.1) is 11.6 Å². The van der Waals surface area contributed by atoms with E-state index in [2.05, 4.69) is 15.2 Å². The Hall–Kier alpha value is -2.83. The average Bonchev–Trinajstić information content (AvgIpc) is 3.14. The smallest absolute Gasteiger partial charge is 0.377 e. The molecule has 2 aromatic heterocycles. The number of anilines is 1. The van der Waals surface area contributed by atoms with E-state index in [1.165, 1.54) is 4.90 Å². The molecule has 5 heterocycles. The van der Waals surface area contributed by atoms with E-state index in [4.69, 9.17) is 16.3 Å². The number of piperidine rings is 1. The zero-order chi connectivity index (χ0) is 25.9. The summed E-state index contributed by atoms with van der Waals surface area (Å²) in [5, 5.41) is 9.16. The number of rotatable bonds is 3. The third-order valence-corrected chi connectivity index (χ3v) is 7.73. The second kappa shape index (κ2) is 8.88. The largest absolute Gasteiger partial charge is 0.411 e. The molecule has 0 atom stereocenters. The molecule has 196 valence electrons. The Morgan fingerprint density at radius 3 is 2.43 bits per heavy atom. The standard InChI is InChI=1S/C24H22ClF5N6O/c25-16-1-2-19-15(7-16)10-35(23(12-37-13-23)24(28,29)30)11-20-32-33-21(36(19)20)14-3-5-34(6-4-14)22-18(27)8-17(26)9-31-22/h1-2,7-9,14H,3-6,10-13H2. The third-order valence-electron chi connectivity index (χ3n) is 7.49. The number of halogens is 6. The van der Waals surface area contributed by atoms with Crippen molar-refractivity contribution in [3.63, 3.8) is 0 Å². The molecule has 7 nitrogen and oxygen atoms in total. The molecule has 0 radical (unpaired) electrons. The quantitative estimate of drug-likeness (QED) is 0.452. The Kier molecular flexibility index (Phi) is 5.88. The Labute approximate surface area is 213 Å². The summed E-state index contributed by atoms with van der Waals surface area (Å²) in [4.78, 5) is 7.01. The first-order chi connectivity index (χ1) is 17.7. The van der Waals surface area contributed by atoms with Gasteiger partial charge in [-0.25, -0.2) is 13.8 Å². The van der Waals surface area contributed by atoms with Crippen molar-refractivity contribution in [2.24, 2.45) is 0 Å². The number of hydrogen-bond acceptors (Lipinski definition) is 6. The zero-order valence-corrected chi connectivity index (χ0v) is 20.2. The van der Waals surface area contributed by atoms with Crippen LogP contribution in [0.25, 0.3) is 5.69 Å². The predicted octanol–water partition coefficient (Wildman–Crippen LogP) is 4.62. The highest BCUT2D eigenvalue weighted by Crippen LogP contribution is 2.44. The van der Waals surface area contributed by atoms with E-state index in [0.717, 1.165) is 12.3 Å². The lowest BCUT2D eigenvalue weighted by atomic mass is 9.93. The molecule has 0 unspecified atom stereocenters. The van der Waals surface area contributed by atoms with Gasteiger partial charge in [0.15, 0.2) is 23.0 Å². The van der Waals surface area contributed by atoms with Gasteiger partial charge in [0.2, 0.25) is 0 Å². The van der Waals surface area contributed by atoms with E-state index in [1.807, 2.05) is 4.57 Å². The van der Waals surface area contributed by atoms with Crippen molar-refractivity contribution in [2.45, 2.75) is 43.6 Å². The van der Waals surface area contributed by atoms with Gasteiger partial charge >= 0.3 is 6.18 Å². The lowest BCUT2D eigenvalue weighted by Crippen LogP contribution is -2.69. The van der Waals surface area contributed by atoms with E-state index < -0.39 is 36.6 Å². The van der Waals surface area contributed by atoms with E-state index >= 15 is 0 Å². The van der Waals surface area contributed by atoms with Crippen molar-refractivity contribution >= 4 is 17.4 Å². The summed E-state index contributed by atoms with van der Waals surface area (Å²) < 4.78 is 76.9. The van der Waals surface area contributed by atoms with Gasteiger partial charge in [0, 0.05) is 36.6 Å². The first-order valence-electron chi connectivity index (χ1n) is 11.8. The van der Waals surface area contributed by atoms with Crippen LogP contribution in [0.5, 0.6) is 0 Å². The number of aromatic nitrogens is 4. The van der Waals surface area contributed by atoms with Crippen molar-refractivity contribution in [1.29, 1.82) is 0 Å². The Morgan fingerprint density at radius 2 is 1.78 bits per heavy atom. The van der Waals surface area contributed by atoms with Gasteiger partial charge in [0.1, 0.15) is 11.6 Å². The van der Waals surface area contributed by atoms with Crippen LogP contribution in [0.3, 0.4) is 0 Å². The summed E-state index contributed by atoms with van der Waals surface area (Å²) >= 11 is 6.24. The molecule has 6 rings (SSSR count). The van der Waals surface area contributed by atoms with Gasteiger partial charge in [-0.05, 0) is 36.6 Å². The van der Waals surface area contributed by atoms with Crippen molar-refractivity contribution < 1.29 is 26.7 Å². The van der Waals surface area contributed by atoms with Crippen LogP contribution in [0.4, 0.5) is 27.8 Å². The minimum Gasteiger partial charge on any atom is -0.377 e. The molecule has 0 bridgehead atoms. The molecular weight excluding hydrogens is 519 g/mol. The molecular formula is C24H22ClF5N6O. The van der Waals surface area contributed by atoms with Crippen molar-refractivity contribution in [3.05, 3.63) is 64.3 Å². The number of pyridine rings is 1. The van der Waals surface area contributed by atoms with Crippen LogP contribution in [0.2, 0.25) is 5.02 Å². The van der Waals surface area contributed by atoms with Crippen LogP contribution in [-0.4, -0.2) is 62.7 Å². The van der Waals surface area contributed by atoms with E-state index in [-0.39, 0.29) is 24.8 Å². The van der Waals surface area contributed by atoms with Crippen molar-refractivity contribution in [1.82, 2.24) is 24.6 Å². The first-order valence-corrected chi connectivity index (χ1v) is 12.2. The van der Waals surface area contributed by atoms with Gasteiger partial charge in [-0.15, -0.1) is 10.2 Å². The lowest BCUT2D eigenvalue weighted by molar-refractivity contribution is -0.310. The van der Waals surface area contributed by atoms with E-state index in [9.17, 15) is 22.0 Å². The molecule has 0 aliphatic carbocycles. The molecule has 2 saturated heterocycles. The van der Waals surface area contributed by atoms with Crippen LogP contribution in [0.15, 0.2) is 30.5 Å². The fourth-order valence-corrected chi connectivity index (χ4v) is 5.60. The van der Waals surface area contributed by atoms with E-state index in [0.29, 0.717) is 53.9 Å². The maximum Gasteiger partial charge on any atom is 0.411 e. The lowest BCUT2D eigenvalue weighted by Gasteiger charge is -2.49. The monoisotopic (exact) mass is 540 g/mol. The molecule has 3 aliphatic heterocycles. The van der Waals surface area contributed by atoms with Crippen LogP contribution < -0.4 is 4.90 Å². The minimum atomic E-state index is -4.49. The second-order valence-corrected chi connectivity index (χ2v) is 10.1. The van der Waals surface area contributed by atoms with Crippen LogP contribution in [-0.2, 0) is 17.8 Å². The molecule has 0 saturated carbocycles. The molecule has 0 N–H and O–H groups in total. The van der Waals surface area contributed by atoms with Crippen LogP contribution in [0.1, 0.15) is 36.0 Å². The predicted molar refractivity (Wildman–Crippen MR) is 124 cm³/mol. The summed E-state index contributed by atoms with van der Waals surface area (Å²) in [6.45, 7) is -0.0199. The maximum atomic E-state index is 14.2. The number of alkyl halides is 3. The Balaban J connectivity index is 1.33. The van der Waals surface area contributed by atoms with Gasteiger partial charge in [-0.2, -0.15) is 13.2 Å². The van der Waals surface area contributed by atoms with Gasteiger partial charge < -0.3 is 9.64 Å². The summed E-state index contributed by atoms with van der Waals surface area (Å²) in [6.07, 6.45) is -2.33. The van der Waals surface area contributed by atoms with Crippen molar-refractivity contribution in [3.8, 4) is 5.69 Å². The number of benzene rings is 1. The minimum absolute atomic E-state index is 0.0233. The summed E-state index contributed by atoms with van der Waals surface area (Å²) in [7, 11) is 0. The molecule has 3 aromatic rings. The average molecular weight is 541 g/mol. The molecule has 13 heteroatoms. The maximum absolute atomic E-state index is 14.2. The van der Waals surface area contributed by atoms with Gasteiger partial charge in [-0.1, -0.05) is 11.6 Å². The molecule has 0 amide bonds. The highest BCUT2D eigenvalue weighted by Gasteiger charge is 2.64. The summed E-state index contributed by atoms with van der Waals surface area (Å²) in [6, 6.07) is 5.96. The molecule has 2 fully saturated rings. The highest BCUT2D eigenvalue weighted by atomic mass is 35.5. The SMILES string of the molecule is Fc1cnc(N2CCC(c3nnc4n3-c3ccc(Cl)cc3CN(C3(C(F)(F)F)COC3)C4)CC2)c(F)c1. The number of nitrogens with zero attached hydrogens (tertiary/aromatic N) is 6. The van der Waals surface area contributed by atoms with Crippen molar-refractivity contribution in [2.75, 3.05) is 31.2 Å². The number of hydrogen-bond donors (Lipinski definition) is 0. The first kappa shape index (κ1) is 24.5. The second-order valence-electron chi connectivity index (χ2n) is 9.68. The van der Waals surface area contributed by atoms with E-state index in [1.54, 1.807) is 23.1 Å². The van der Waals surface area contributed by atoms with Gasteiger partial charge in [-0.3, -0.25) is 9.47 Å². The summed E-state index contributed by atoms with van der Waals surface area (Å²) in [5.41, 5.74) is -0.781. The molecule has 1 aromatic carbocycles. The highest BCUT2D eigenvalue weighted by molar-refractivity contribution is 6.30. The molecule has 0 spiro atoms. The van der Waals surface area contributed by atoms with Gasteiger partial charge in [0.05, 0.1) is 31.6 Å². The fourth-order valence-electron chi connectivity index (χ4n) is 5.40. The molecule has 37 heavy (non-hydrogen) atoms. The molecule has 3 aliphatic rings. The Morgan fingerprint density at radius 1 is 1.03 bits per heavy atom. The summed E-state index contributed by atoms with van der Waals surface area (Å²) in [5.74, 6) is -0.399. The van der Waals surface area contributed by atoms with Gasteiger partial charge in [0.25, 0.3) is 0 Å². The topological polar surface area (TPSA) is 59.3 Å². The van der Waals surface area contributed by atoms with Crippen LogP contribution >= 0.6 is 11.6 Å². The Bertz CT molecular complexity index is 1340.